The molecule has 0 saturated heterocycles. The van der Waals surface area contributed by atoms with Crippen molar-refractivity contribution in [2.45, 2.75) is 110 Å². The molecule has 0 aliphatic heterocycles. The molecule has 0 unspecified atom stereocenters. The predicted octanol–water partition coefficient (Wildman–Crippen LogP) is 6.47. The molecule has 1 amide bonds. The lowest BCUT2D eigenvalue weighted by Gasteiger charge is -2.20. The molecule has 0 radical (unpaired) electrons. The van der Waals surface area contributed by atoms with Crippen LogP contribution in [0.4, 0.5) is 13.2 Å². The zero-order valence-corrected chi connectivity index (χ0v) is 18.2. The lowest BCUT2D eigenvalue weighted by atomic mass is 10.0. The molecule has 0 saturated carbocycles. The Bertz CT molecular complexity index is 362. The standard InChI is InChI=1S/C22H43F3N2O/c1-3-5-6-7-8-9-10-11-12-13-14-15-16-17-19-27(4-2)20-18-26-21(28)22(23,24)25/h3-20H2,1-2H3,(H,26,28). The molecule has 0 fully saturated rings. The number of carbonyl (C=O) groups is 1. The number of alkyl halides is 3. The van der Waals surface area contributed by atoms with E-state index >= 15 is 0 Å². The number of unbranched alkanes of at least 4 members (excludes halogenated alkanes) is 13. The number of nitrogens with one attached hydrogen (secondary N) is 1. The van der Waals surface area contributed by atoms with Gasteiger partial charge in [0.2, 0.25) is 0 Å². The third-order valence-electron chi connectivity index (χ3n) is 5.25. The smallest absolute Gasteiger partial charge is 0.347 e. The van der Waals surface area contributed by atoms with Crippen LogP contribution in [-0.4, -0.2) is 43.2 Å². The Kier molecular flexibility index (Phi) is 17.8. The van der Waals surface area contributed by atoms with Gasteiger partial charge in [0.05, 0.1) is 0 Å². The number of halogens is 3. The van der Waals surface area contributed by atoms with Crippen LogP contribution in [0.25, 0.3) is 0 Å². The molecule has 0 aromatic rings. The van der Waals surface area contributed by atoms with Crippen LogP contribution in [0, 0.1) is 0 Å². The molecule has 28 heavy (non-hydrogen) atoms. The second-order valence-electron chi connectivity index (χ2n) is 7.78. The van der Waals surface area contributed by atoms with Gasteiger partial charge in [-0.25, -0.2) is 0 Å². The number of hydrogen-bond acceptors (Lipinski definition) is 2. The molecule has 0 bridgehead atoms. The molecule has 0 aliphatic carbocycles. The number of amides is 1. The molecule has 168 valence electrons. The summed E-state index contributed by atoms with van der Waals surface area (Å²) >= 11 is 0. The number of hydrogen-bond donors (Lipinski definition) is 1. The summed E-state index contributed by atoms with van der Waals surface area (Å²) in [5, 5.41) is 1.93. The monoisotopic (exact) mass is 408 g/mol. The fraction of sp³-hybridized carbons (Fsp3) is 0.955. The van der Waals surface area contributed by atoms with Crippen molar-refractivity contribution < 1.29 is 18.0 Å². The summed E-state index contributed by atoms with van der Waals surface area (Å²) in [6, 6.07) is 0. The fourth-order valence-electron chi connectivity index (χ4n) is 3.39. The highest BCUT2D eigenvalue weighted by molar-refractivity contribution is 5.81. The Morgan fingerprint density at radius 3 is 1.54 bits per heavy atom. The van der Waals surface area contributed by atoms with Gasteiger partial charge in [0.1, 0.15) is 0 Å². The Hall–Kier alpha value is -0.780. The summed E-state index contributed by atoms with van der Waals surface area (Å²) in [6.07, 6.45) is 13.6. The van der Waals surface area contributed by atoms with Crippen LogP contribution in [0.2, 0.25) is 0 Å². The van der Waals surface area contributed by atoms with E-state index in [0.29, 0.717) is 6.54 Å². The van der Waals surface area contributed by atoms with E-state index in [1.165, 1.54) is 83.5 Å². The first-order chi connectivity index (χ1) is 13.4. The van der Waals surface area contributed by atoms with Crippen molar-refractivity contribution in [1.29, 1.82) is 0 Å². The SMILES string of the molecule is CCCCCCCCCCCCCCCCN(CC)CCNC(=O)C(F)(F)F. The summed E-state index contributed by atoms with van der Waals surface area (Å²) in [5.41, 5.74) is 0. The van der Waals surface area contributed by atoms with E-state index in [9.17, 15) is 18.0 Å². The minimum Gasteiger partial charge on any atom is -0.347 e. The van der Waals surface area contributed by atoms with Crippen LogP contribution in [0.1, 0.15) is 104 Å². The molecule has 0 aromatic carbocycles. The Balaban J connectivity index is 3.40. The third-order valence-corrected chi connectivity index (χ3v) is 5.25. The van der Waals surface area contributed by atoms with Crippen molar-refractivity contribution in [3.8, 4) is 0 Å². The zero-order chi connectivity index (χ0) is 21.1. The first-order valence-corrected chi connectivity index (χ1v) is 11.5. The largest absolute Gasteiger partial charge is 0.471 e. The van der Waals surface area contributed by atoms with E-state index in [4.69, 9.17) is 0 Å². The van der Waals surface area contributed by atoms with Crippen molar-refractivity contribution in [2.75, 3.05) is 26.2 Å². The van der Waals surface area contributed by atoms with Gasteiger partial charge in [-0.3, -0.25) is 4.79 Å². The number of nitrogens with zero attached hydrogens (tertiary/aromatic N) is 1. The van der Waals surface area contributed by atoms with Crippen LogP contribution >= 0.6 is 0 Å². The predicted molar refractivity (Wildman–Crippen MR) is 111 cm³/mol. The van der Waals surface area contributed by atoms with Crippen molar-refractivity contribution in [1.82, 2.24) is 10.2 Å². The highest BCUT2D eigenvalue weighted by Crippen LogP contribution is 2.14. The molecular formula is C22H43F3N2O. The lowest BCUT2D eigenvalue weighted by molar-refractivity contribution is -0.173. The molecule has 0 aliphatic rings. The summed E-state index contributed by atoms with van der Waals surface area (Å²) in [7, 11) is 0. The topological polar surface area (TPSA) is 32.3 Å². The quantitative estimate of drug-likeness (QED) is 0.248. The summed E-state index contributed by atoms with van der Waals surface area (Å²) in [4.78, 5) is 12.9. The molecule has 3 nitrogen and oxygen atoms in total. The molecule has 0 spiro atoms. The first kappa shape index (κ1) is 27.2. The second-order valence-corrected chi connectivity index (χ2v) is 7.78. The van der Waals surface area contributed by atoms with Crippen LogP contribution in [-0.2, 0) is 4.79 Å². The first-order valence-electron chi connectivity index (χ1n) is 11.5. The van der Waals surface area contributed by atoms with Gasteiger partial charge in [-0.2, -0.15) is 13.2 Å². The van der Waals surface area contributed by atoms with Crippen molar-refractivity contribution in [2.24, 2.45) is 0 Å². The van der Waals surface area contributed by atoms with Crippen LogP contribution in [0.15, 0.2) is 0 Å². The highest BCUT2D eigenvalue weighted by atomic mass is 19.4. The summed E-state index contributed by atoms with van der Waals surface area (Å²) in [6.45, 7) is 6.44. The average molecular weight is 409 g/mol. The van der Waals surface area contributed by atoms with Crippen LogP contribution < -0.4 is 5.32 Å². The Morgan fingerprint density at radius 2 is 1.14 bits per heavy atom. The van der Waals surface area contributed by atoms with E-state index in [0.717, 1.165) is 19.5 Å². The second kappa shape index (κ2) is 18.3. The molecule has 0 aromatic heterocycles. The summed E-state index contributed by atoms with van der Waals surface area (Å²) < 4.78 is 36.4. The fourth-order valence-corrected chi connectivity index (χ4v) is 3.39. The molecule has 1 N–H and O–H groups in total. The van der Waals surface area contributed by atoms with E-state index in [2.05, 4.69) is 11.8 Å². The normalized spacial score (nSPS) is 11.9. The lowest BCUT2D eigenvalue weighted by Crippen LogP contribution is -2.41. The minimum absolute atomic E-state index is 0.0464. The highest BCUT2D eigenvalue weighted by Gasteiger charge is 2.38. The van der Waals surface area contributed by atoms with Gasteiger partial charge in [-0.15, -0.1) is 0 Å². The maximum atomic E-state index is 12.1. The van der Waals surface area contributed by atoms with Gasteiger partial charge in [-0.1, -0.05) is 97.3 Å². The van der Waals surface area contributed by atoms with Crippen LogP contribution in [0.5, 0.6) is 0 Å². The maximum Gasteiger partial charge on any atom is 0.471 e. The van der Waals surface area contributed by atoms with Gasteiger partial charge >= 0.3 is 12.1 Å². The van der Waals surface area contributed by atoms with E-state index in [-0.39, 0.29) is 6.54 Å². The molecule has 6 heteroatoms. The van der Waals surface area contributed by atoms with Gasteiger partial charge in [0, 0.05) is 13.1 Å². The van der Waals surface area contributed by atoms with Gasteiger partial charge in [0.15, 0.2) is 0 Å². The minimum atomic E-state index is -4.79. The molecule has 0 heterocycles. The molecule has 0 atom stereocenters. The zero-order valence-electron chi connectivity index (χ0n) is 18.2. The van der Waals surface area contributed by atoms with Crippen molar-refractivity contribution in [3.63, 3.8) is 0 Å². The van der Waals surface area contributed by atoms with Crippen molar-refractivity contribution in [3.05, 3.63) is 0 Å². The third kappa shape index (κ3) is 17.3. The maximum absolute atomic E-state index is 12.1. The number of likely N-dealkylation sites (N-methyl/N-ethyl adjacent to an activating group) is 1. The number of carbonyl (C=O) groups excluding carboxylic acids is 1. The van der Waals surface area contributed by atoms with Gasteiger partial charge in [0.25, 0.3) is 0 Å². The van der Waals surface area contributed by atoms with E-state index < -0.39 is 12.1 Å². The van der Waals surface area contributed by atoms with E-state index in [1.807, 2.05) is 12.2 Å². The van der Waals surface area contributed by atoms with Crippen LogP contribution in [0.3, 0.4) is 0 Å². The molecule has 0 rings (SSSR count). The van der Waals surface area contributed by atoms with E-state index in [1.54, 1.807) is 0 Å². The Morgan fingerprint density at radius 1 is 0.714 bits per heavy atom. The Labute approximate surface area is 170 Å². The molecular weight excluding hydrogens is 365 g/mol. The van der Waals surface area contributed by atoms with Gasteiger partial charge in [-0.05, 0) is 19.5 Å². The average Bonchev–Trinajstić information content (AvgIpc) is 2.65. The van der Waals surface area contributed by atoms with Crippen molar-refractivity contribution >= 4 is 5.91 Å². The summed E-state index contributed by atoms with van der Waals surface area (Å²) in [5.74, 6) is -1.85. The van der Waals surface area contributed by atoms with Gasteiger partial charge < -0.3 is 10.2 Å². The number of rotatable bonds is 19.